The van der Waals surface area contributed by atoms with Gasteiger partial charge in [0, 0.05) is 12.8 Å². The predicted octanol–water partition coefficient (Wildman–Crippen LogP) is 18.2. The summed E-state index contributed by atoms with van der Waals surface area (Å²) in [5, 5.41) is 23.1. The van der Waals surface area contributed by atoms with E-state index >= 15 is 0 Å². The number of carbonyl (C=O) groups excluding carboxylic acids is 2. The summed E-state index contributed by atoms with van der Waals surface area (Å²) < 4.78 is 5.49. The number of amides is 1. The minimum Gasteiger partial charge on any atom is -0.466 e. The molecule has 0 heterocycles. The third-order valence-corrected chi connectivity index (χ3v) is 13.7. The van der Waals surface area contributed by atoms with Crippen LogP contribution in [0.3, 0.4) is 0 Å². The molecule has 0 rings (SSSR count). The molecule has 0 bridgehead atoms. The molecule has 2 atom stereocenters. The SMILES string of the molecule is CCCCCCCCC/C=C\CCCCCCCCCC(=O)OCCCCCCCCCCCCCCCCCCCCC(=O)NC(CO)C(O)/C=C/CCCCCCCCCCCCC. The monoisotopic (exact) mass is 930 g/mol. The molecule has 0 aliphatic heterocycles. The topological polar surface area (TPSA) is 95.9 Å². The van der Waals surface area contributed by atoms with Crippen molar-refractivity contribution in [3.05, 3.63) is 24.3 Å². The second-order valence-corrected chi connectivity index (χ2v) is 20.3. The van der Waals surface area contributed by atoms with Gasteiger partial charge in [-0.15, -0.1) is 0 Å². The van der Waals surface area contributed by atoms with Gasteiger partial charge in [-0.3, -0.25) is 9.59 Å². The van der Waals surface area contributed by atoms with Crippen LogP contribution in [0.4, 0.5) is 0 Å². The van der Waals surface area contributed by atoms with Gasteiger partial charge in [-0.05, 0) is 57.8 Å². The van der Waals surface area contributed by atoms with Crippen molar-refractivity contribution in [2.24, 2.45) is 0 Å². The number of esters is 1. The van der Waals surface area contributed by atoms with Gasteiger partial charge >= 0.3 is 5.97 Å². The number of carbonyl (C=O) groups is 2. The normalized spacial score (nSPS) is 12.7. The number of nitrogens with one attached hydrogen (secondary N) is 1. The maximum Gasteiger partial charge on any atom is 0.305 e. The van der Waals surface area contributed by atoms with Gasteiger partial charge < -0.3 is 20.3 Å². The Hall–Kier alpha value is -1.66. The van der Waals surface area contributed by atoms with Crippen LogP contribution in [0.15, 0.2) is 24.3 Å². The summed E-state index contributed by atoms with van der Waals surface area (Å²) >= 11 is 0. The molecule has 0 aliphatic carbocycles. The van der Waals surface area contributed by atoms with E-state index in [1.807, 2.05) is 6.08 Å². The molecular weight excluding hydrogens is 815 g/mol. The van der Waals surface area contributed by atoms with Crippen LogP contribution in [0.25, 0.3) is 0 Å². The van der Waals surface area contributed by atoms with Crippen molar-refractivity contribution in [3.63, 3.8) is 0 Å². The lowest BCUT2D eigenvalue weighted by Gasteiger charge is -2.20. The van der Waals surface area contributed by atoms with Crippen molar-refractivity contribution in [1.82, 2.24) is 5.32 Å². The molecule has 6 heteroatoms. The number of ether oxygens (including phenoxy) is 1. The van der Waals surface area contributed by atoms with Crippen LogP contribution in [0.2, 0.25) is 0 Å². The second kappa shape index (κ2) is 55.9. The van der Waals surface area contributed by atoms with Gasteiger partial charge in [-0.2, -0.15) is 0 Å². The van der Waals surface area contributed by atoms with Crippen molar-refractivity contribution in [2.75, 3.05) is 13.2 Å². The zero-order valence-electron chi connectivity index (χ0n) is 44.4. The molecule has 0 radical (unpaired) electrons. The van der Waals surface area contributed by atoms with Crippen molar-refractivity contribution in [1.29, 1.82) is 0 Å². The zero-order chi connectivity index (χ0) is 47.9. The molecular formula is C60H115NO5. The Morgan fingerprint density at radius 2 is 0.712 bits per heavy atom. The molecule has 0 saturated heterocycles. The Morgan fingerprint density at radius 3 is 1.08 bits per heavy atom. The number of unbranched alkanes of at least 4 members (excludes halogenated alkanes) is 42. The Morgan fingerprint density at radius 1 is 0.409 bits per heavy atom. The lowest BCUT2D eigenvalue weighted by molar-refractivity contribution is -0.143. The molecule has 0 aliphatic rings. The molecule has 0 fully saturated rings. The van der Waals surface area contributed by atoms with Gasteiger partial charge in [-0.25, -0.2) is 0 Å². The standard InChI is InChI=1S/C60H115NO5/c1-3-5-7-9-11-13-15-17-18-19-23-26-30-34-38-42-46-50-54-60(65)66-55-51-47-43-39-35-31-27-24-21-20-22-25-29-33-37-41-45-49-53-59(64)61-57(56-62)58(63)52-48-44-40-36-32-28-16-14-12-10-8-6-4-2/h18-19,48,52,57-58,62-63H,3-17,20-47,49-51,53-56H2,1-2H3,(H,61,64)/b19-18-,52-48+. The minimum absolute atomic E-state index is 0.00375. The molecule has 0 spiro atoms. The average Bonchev–Trinajstić information content (AvgIpc) is 3.32. The summed E-state index contributed by atoms with van der Waals surface area (Å²) in [6.45, 7) is 4.90. The van der Waals surface area contributed by atoms with Gasteiger partial charge in [0.05, 0.1) is 25.4 Å². The fraction of sp³-hybridized carbons (Fsp3) is 0.900. The zero-order valence-corrected chi connectivity index (χ0v) is 44.4. The predicted molar refractivity (Wildman–Crippen MR) is 287 cm³/mol. The van der Waals surface area contributed by atoms with E-state index in [4.69, 9.17) is 4.74 Å². The number of rotatable bonds is 55. The van der Waals surface area contributed by atoms with Crippen molar-refractivity contribution < 1.29 is 24.5 Å². The van der Waals surface area contributed by atoms with Gasteiger partial charge in [0.1, 0.15) is 0 Å². The van der Waals surface area contributed by atoms with E-state index in [1.165, 1.54) is 250 Å². The highest BCUT2D eigenvalue weighted by Gasteiger charge is 2.18. The third-order valence-electron chi connectivity index (χ3n) is 13.7. The Balaban J connectivity index is 3.40. The Bertz CT molecular complexity index is 1030. The minimum atomic E-state index is -0.846. The summed E-state index contributed by atoms with van der Waals surface area (Å²) in [5.74, 6) is -0.0678. The molecule has 2 unspecified atom stereocenters. The first-order valence-corrected chi connectivity index (χ1v) is 29.6. The van der Waals surface area contributed by atoms with Gasteiger partial charge in [0.15, 0.2) is 0 Å². The largest absolute Gasteiger partial charge is 0.466 e. The van der Waals surface area contributed by atoms with Crippen LogP contribution >= 0.6 is 0 Å². The maximum absolute atomic E-state index is 12.4. The van der Waals surface area contributed by atoms with Crippen LogP contribution < -0.4 is 5.32 Å². The number of allylic oxidation sites excluding steroid dienone is 3. The summed E-state index contributed by atoms with van der Waals surface area (Å²) in [5.41, 5.74) is 0. The fourth-order valence-electron chi connectivity index (χ4n) is 9.16. The van der Waals surface area contributed by atoms with E-state index in [0.717, 1.165) is 44.9 Å². The molecule has 0 saturated carbocycles. The van der Waals surface area contributed by atoms with Crippen LogP contribution in [0.5, 0.6) is 0 Å². The lowest BCUT2D eigenvalue weighted by Crippen LogP contribution is -2.45. The van der Waals surface area contributed by atoms with Crippen molar-refractivity contribution >= 4 is 11.9 Å². The van der Waals surface area contributed by atoms with E-state index in [1.54, 1.807) is 6.08 Å². The lowest BCUT2D eigenvalue weighted by atomic mass is 10.0. The van der Waals surface area contributed by atoms with Gasteiger partial charge in [0.25, 0.3) is 0 Å². The van der Waals surface area contributed by atoms with Crippen molar-refractivity contribution in [3.8, 4) is 0 Å². The molecule has 3 N–H and O–H groups in total. The number of aliphatic hydroxyl groups is 2. The first kappa shape index (κ1) is 64.3. The molecule has 1 amide bonds. The van der Waals surface area contributed by atoms with E-state index in [2.05, 4.69) is 31.3 Å². The van der Waals surface area contributed by atoms with E-state index in [0.29, 0.717) is 19.4 Å². The maximum atomic E-state index is 12.4. The quantitative estimate of drug-likeness (QED) is 0.0321. The molecule has 390 valence electrons. The van der Waals surface area contributed by atoms with Gasteiger partial charge in [0.2, 0.25) is 5.91 Å². The molecule has 0 aromatic carbocycles. The smallest absolute Gasteiger partial charge is 0.305 e. The average molecular weight is 931 g/mol. The molecule has 0 aromatic rings. The van der Waals surface area contributed by atoms with Crippen LogP contribution in [-0.2, 0) is 14.3 Å². The summed E-state index contributed by atoms with van der Waals surface area (Å²) in [7, 11) is 0. The number of aliphatic hydroxyl groups excluding tert-OH is 2. The van der Waals surface area contributed by atoms with Crippen LogP contribution in [0, 0.1) is 0 Å². The summed E-state index contributed by atoms with van der Waals surface area (Å²) in [4.78, 5) is 24.5. The molecule has 6 nitrogen and oxygen atoms in total. The summed E-state index contributed by atoms with van der Waals surface area (Å²) in [6, 6.07) is -0.630. The molecule has 66 heavy (non-hydrogen) atoms. The fourth-order valence-corrected chi connectivity index (χ4v) is 9.16. The Kier molecular flexibility index (Phi) is 54.5. The van der Waals surface area contributed by atoms with Crippen LogP contribution in [0.1, 0.15) is 322 Å². The highest BCUT2D eigenvalue weighted by atomic mass is 16.5. The number of hydrogen-bond donors (Lipinski definition) is 3. The van der Waals surface area contributed by atoms with Crippen LogP contribution in [-0.4, -0.2) is 47.4 Å². The second-order valence-electron chi connectivity index (χ2n) is 20.3. The summed E-state index contributed by atoms with van der Waals surface area (Å²) in [6.07, 6.45) is 67.7. The van der Waals surface area contributed by atoms with E-state index in [9.17, 15) is 19.8 Å². The van der Waals surface area contributed by atoms with E-state index < -0.39 is 12.1 Å². The Labute approximate surface area is 411 Å². The molecule has 0 aromatic heterocycles. The van der Waals surface area contributed by atoms with Gasteiger partial charge in [-0.1, -0.05) is 276 Å². The highest BCUT2D eigenvalue weighted by Crippen LogP contribution is 2.17. The first-order chi connectivity index (χ1) is 32.5. The first-order valence-electron chi connectivity index (χ1n) is 29.6. The highest BCUT2D eigenvalue weighted by molar-refractivity contribution is 5.76. The van der Waals surface area contributed by atoms with E-state index in [-0.39, 0.29) is 18.5 Å². The number of hydrogen-bond acceptors (Lipinski definition) is 5. The third kappa shape index (κ3) is 51.7. The van der Waals surface area contributed by atoms with Crippen molar-refractivity contribution in [2.45, 2.75) is 334 Å².